The zero-order valence-electron chi connectivity index (χ0n) is 28.0. The second-order valence-electron chi connectivity index (χ2n) is 13.5. The average molecular weight is 625 g/mol. The van der Waals surface area contributed by atoms with Gasteiger partial charge in [-0.1, -0.05) is 94.4 Å². The standard InChI is InChI=1S/C44H40N4/c1-29(2)30(3)31(4)42(33-22-26-46-27-23-33)39(32-20-24-45-25-21-32)28-47-40-16-10-8-14-35(40)37-18-19-38-36-15-9-11-17-41(36)48(44(38)43(37)47)34-12-6-5-7-13-34/h5-31,42H,1-4H3/b39-28+/t30-,31-,42+/m1/s1. The number of fused-ring (bicyclic) bond motifs is 7. The van der Waals surface area contributed by atoms with E-state index in [1.807, 2.05) is 24.8 Å². The van der Waals surface area contributed by atoms with Crippen LogP contribution in [0.4, 0.5) is 0 Å². The summed E-state index contributed by atoms with van der Waals surface area (Å²) in [6.45, 7) is 9.50. The van der Waals surface area contributed by atoms with Gasteiger partial charge in [0.25, 0.3) is 0 Å². The van der Waals surface area contributed by atoms with Gasteiger partial charge in [0.1, 0.15) is 0 Å². The summed E-state index contributed by atoms with van der Waals surface area (Å²) in [6.07, 6.45) is 10.1. The van der Waals surface area contributed by atoms with Gasteiger partial charge in [0.15, 0.2) is 0 Å². The maximum atomic E-state index is 4.43. The lowest BCUT2D eigenvalue weighted by Crippen LogP contribution is -2.23. The molecule has 0 fully saturated rings. The van der Waals surface area contributed by atoms with Crippen LogP contribution in [0.1, 0.15) is 44.7 Å². The highest BCUT2D eigenvalue weighted by molar-refractivity contribution is 6.24. The van der Waals surface area contributed by atoms with Gasteiger partial charge in [0.2, 0.25) is 0 Å². The molecule has 0 saturated carbocycles. The van der Waals surface area contributed by atoms with E-state index in [-0.39, 0.29) is 5.92 Å². The van der Waals surface area contributed by atoms with E-state index in [1.165, 1.54) is 60.3 Å². The SMILES string of the molecule is CC(C)[C@@H](C)[C@@H](C)[C@H](/C(=C/n1c2ccccc2c2ccc3c4ccccc4n(-c4ccccc4)c3c21)c1ccncc1)c1ccncc1. The Morgan fingerprint density at radius 2 is 1.10 bits per heavy atom. The number of benzene rings is 4. The van der Waals surface area contributed by atoms with Crippen molar-refractivity contribution >= 4 is 55.4 Å². The van der Waals surface area contributed by atoms with Crippen molar-refractivity contribution in [1.29, 1.82) is 0 Å². The van der Waals surface area contributed by atoms with Crippen LogP contribution in [0.2, 0.25) is 0 Å². The summed E-state index contributed by atoms with van der Waals surface area (Å²) in [4.78, 5) is 8.84. The summed E-state index contributed by atoms with van der Waals surface area (Å²) in [7, 11) is 0. The van der Waals surface area contributed by atoms with Gasteiger partial charge in [-0.2, -0.15) is 0 Å². The van der Waals surface area contributed by atoms with E-state index in [4.69, 9.17) is 0 Å². The van der Waals surface area contributed by atoms with Crippen LogP contribution >= 0.6 is 0 Å². The smallest absolute Gasteiger partial charge is 0.0788 e. The summed E-state index contributed by atoms with van der Waals surface area (Å²) in [5.74, 6) is 1.51. The molecule has 4 aromatic heterocycles. The van der Waals surface area contributed by atoms with Gasteiger partial charge in [-0.25, -0.2) is 0 Å². The van der Waals surface area contributed by atoms with E-state index in [0.29, 0.717) is 17.8 Å². The second kappa shape index (κ2) is 12.3. The summed E-state index contributed by atoms with van der Waals surface area (Å²) in [5, 5.41) is 4.99. The third-order valence-electron chi connectivity index (χ3n) is 10.6. The van der Waals surface area contributed by atoms with Crippen molar-refractivity contribution in [2.75, 3.05) is 0 Å². The fourth-order valence-electron chi connectivity index (χ4n) is 7.78. The first-order valence-electron chi connectivity index (χ1n) is 17.0. The first-order chi connectivity index (χ1) is 23.5. The van der Waals surface area contributed by atoms with E-state index in [1.54, 1.807) is 0 Å². The van der Waals surface area contributed by atoms with Crippen LogP contribution in [-0.2, 0) is 0 Å². The summed E-state index contributed by atoms with van der Waals surface area (Å²) < 4.78 is 4.92. The molecule has 8 aromatic rings. The molecule has 236 valence electrons. The molecule has 0 saturated heterocycles. The average Bonchev–Trinajstić information content (AvgIpc) is 3.65. The van der Waals surface area contributed by atoms with Crippen LogP contribution in [0.5, 0.6) is 0 Å². The fourth-order valence-corrected chi connectivity index (χ4v) is 7.78. The van der Waals surface area contributed by atoms with E-state index in [9.17, 15) is 0 Å². The van der Waals surface area contributed by atoms with Crippen LogP contribution in [-0.4, -0.2) is 19.1 Å². The maximum absolute atomic E-state index is 4.43. The number of aromatic nitrogens is 4. The molecule has 0 amide bonds. The molecule has 0 aliphatic rings. The van der Waals surface area contributed by atoms with Crippen LogP contribution < -0.4 is 0 Å². The Labute approximate surface area is 282 Å². The van der Waals surface area contributed by atoms with E-state index in [0.717, 1.165) is 5.69 Å². The molecule has 4 heteroatoms. The third-order valence-corrected chi connectivity index (χ3v) is 10.6. The molecule has 48 heavy (non-hydrogen) atoms. The van der Waals surface area contributed by atoms with Crippen molar-refractivity contribution in [3.63, 3.8) is 0 Å². The summed E-state index contributed by atoms with van der Waals surface area (Å²) >= 11 is 0. The van der Waals surface area contributed by atoms with Crippen molar-refractivity contribution in [2.45, 2.75) is 33.6 Å². The van der Waals surface area contributed by atoms with Crippen LogP contribution in [0, 0.1) is 17.8 Å². The van der Waals surface area contributed by atoms with Gasteiger partial charge in [-0.3, -0.25) is 9.97 Å². The Kier molecular flexibility index (Phi) is 7.64. The molecular weight excluding hydrogens is 585 g/mol. The van der Waals surface area contributed by atoms with Gasteiger partial charge < -0.3 is 9.13 Å². The topological polar surface area (TPSA) is 35.6 Å². The second-order valence-corrected chi connectivity index (χ2v) is 13.5. The zero-order valence-corrected chi connectivity index (χ0v) is 28.0. The molecule has 0 bridgehead atoms. The maximum Gasteiger partial charge on any atom is 0.0788 e. The molecule has 0 N–H and O–H groups in total. The van der Waals surface area contributed by atoms with Crippen LogP contribution in [0.3, 0.4) is 0 Å². The Morgan fingerprint density at radius 1 is 0.542 bits per heavy atom. The van der Waals surface area contributed by atoms with Gasteiger partial charge in [0, 0.05) is 64.1 Å². The first kappa shape index (κ1) is 29.9. The molecule has 0 aliphatic carbocycles. The Balaban J connectivity index is 1.54. The molecule has 0 spiro atoms. The van der Waals surface area contributed by atoms with Crippen LogP contribution in [0.25, 0.3) is 61.1 Å². The Hall–Kier alpha value is -5.48. The predicted molar refractivity (Wildman–Crippen MR) is 202 cm³/mol. The molecular formula is C44H40N4. The van der Waals surface area contributed by atoms with Crippen LogP contribution in [0.15, 0.2) is 140 Å². The lowest BCUT2D eigenvalue weighted by atomic mass is 9.71. The van der Waals surface area contributed by atoms with Crippen molar-refractivity contribution in [3.05, 3.63) is 151 Å². The molecule has 0 aliphatic heterocycles. The number of rotatable bonds is 8. The highest BCUT2D eigenvalue weighted by atomic mass is 15.0. The first-order valence-corrected chi connectivity index (χ1v) is 17.0. The zero-order chi connectivity index (χ0) is 32.8. The third kappa shape index (κ3) is 4.91. The van der Waals surface area contributed by atoms with E-state index < -0.39 is 0 Å². The molecule has 4 heterocycles. The molecule has 0 radical (unpaired) electrons. The number of pyridine rings is 2. The Bertz CT molecular complexity index is 2400. The molecule has 8 rings (SSSR count). The molecule has 4 aromatic carbocycles. The summed E-state index contributed by atoms with van der Waals surface area (Å²) in [6, 6.07) is 41.8. The highest BCUT2D eigenvalue weighted by Crippen LogP contribution is 2.45. The molecule has 0 unspecified atom stereocenters. The van der Waals surface area contributed by atoms with E-state index >= 15 is 0 Å². The van der Waals surface area contributed by atoms with Crippen molar-refractivity contribution in [2.24, 2.45) is 17.8 Å². The number of hydrogen-bond donors (Lipinski definition) is 0. The van der Waals surface area contributed by atoms with Crippen molar-refractivity contribution in [3.8, 4) is 5.69 Å². The lowest BCUT2D eigenvalue weighted by molar-refractivity contribution is 0.280. The van der Waals surface area contributed by atoms with Crippen molar-refractivity contribution < 1.29 is 0 Å². The highest BCUT2D eigenvalue weighted by Gasteiger charge is 2.31. The van der Waals surface area contributed by atoms with Gasteiger partial charge in [-0.05, 0) is 83.0 Å². The Morgan fingerprint density at radius 3 is 1.77 bits per heavy atom. The fraction of sp³-hybridized carbons (Fsp3) is 0.182. The largest absolute Gasteiger partial charge is 0.314 e. The predicted octanol–water partition coefficient (Wildman–Crippen LogP) is 11.4. The van der Waals surface area contributed by atoms with Gasteiger partial charge >= 0.3 is 0 Å². The quantitative estimate of drug-likeness (QED) is 0.169. The van der Waals surface area contributed by atoms with Gasteiger partial charge in [0.05, 0.1) is 22.1 Å². The minimum absolute atomic E-state index is 0.128. The number of nitrogens with zero attached hydrogens (tertiary/aromatic N) is 4. The lowest BCUT2D eigenvalue weighted by Gasteiger charge is -2.34. The minimum atomic E-state index is 0.128. The van der Waals surface area contributed by atoms with E-state index in [2.05, 4.69) is 168 Å². The molecule has 3 atom stereocenters. The van der Waals surface area contributed by atoms with Gasteiger partial charge in [-0.15, -0.1) is 0 Å². The normalized spacial score (nSPS) is 14.3. The number of para-hydroxylation sites is 3. The summed E-state index contributed by atoms with van der Waals surface area (Å²) in [5.41, 5.74) is 9.69. The number of allylic oxidation sites excluding steroid dienone is 1. The number of hydrogen-bond acceptors (Lipinski definition) is 2. The van der Waals surface area contributed by atoms with Crippen molar-refractivity contribution in [1.82, 2.24) is 19.1 Å². The minimum Gasteiger partial charge on any atom is -0.314 e. The monoisotopic (exact) mass is 624 g/mol. The molecule has 4 nitrogen and oxygen atoms in total.